The van der Waals surface area contributed by atoms with Crippen LogP contribution in [0.15, 0.2) is 48.5 Å². The number of halogens is 1. The average Bonchev–Trinajstić information content (AvgIpc) is 2.54. The lowest BCUT2D eigenvalue weighted by Gasteiger charge is -2.14. The molecule has 2 aromatic carbocycles. The van der Waals surface area contributed by atoms with Crippen LogP contribution in [0.1, 0.15) is 24.8 Å². The third-order valence-corrected chi connectivity index (χ3v) is 3.38. The van der Waals surface area contributed by atoms with E-state index in [0.717, 1.165) is 5.75 Å². The zero-order chi connectivity index (χ0) is 16.7. The van der Waals surface area contributed by atoms with Gasteiger partial charge in [0.2, 0.25) is 0 Å². The molecule has 0 spiro atoms. The molecule has 0 saturated heterocycles. The minimum Gasteiger partial charge on any atom is -0.494 e. The van der Waals surface area contributed by atoms with Gasteiger partial charge in [-0.15, -0.1) is 0 Å². The van der Waals surface area contributed by atoms with Gasteiger partial charge in [0.25, 0.3) is 0 Å². The van der Waals surface area contributed by atoms with E-state index in [1.54, 1.807) is 24.3 Å². The van der Waals surface area contributed by atoms with E-state index in [0.29, 0.717) is 24.3 Å². The van der Waals surface area contributed by atoms with Gasteiger partial charge in [0.15, 0.2) is 0 Å². The van der Waals surface area contributed by atoms with Gasteiger partial charge in [-0.2, -0.15) is 0 Å². The monoisotopic (exact) mass is 318 g/mol. The minimum atomic E-state index is -0.952. The topological polar surface area (TPSA) is 55.8 Å². The van der Waals surface area contributed by atoms with Gasteiger partial charge in [0, 0.05) is 0 Å². The zero-order valence-electron chi connectivity index (χ0n) is 12.9. The number of benzene rings is 2. The fraction of sp³-hybridized carbons (Fsp3) is 0.278. The van der Waals surface area contributed by atoms with Crippen molar-refractivity contribution in [3.05, 3.63) is 59.9 Å². The fourth-order valence-corrected chi connectivity index (χ4v) is 2.22. The number of hydrogen-bond acceptors (Lipinski definition) is 3. The van der Waals surface area contributed by atoms with E-state index in [1.807, 2.05) is 6.92 Å². The molecule has 0 fully saturated rings. The fourth-order valence-electron chi connectivity index (χ4n) is 2.22. The second-order valence-electron chi connectivity index (χ2n) is 4.98. The van der Waals surface area contributed by atoms with Crippen molar-refractivity contribution in [1.29, 1.82) is 0 Å². The molecule has 122 valence electrons. The average molecular weight is 318 g/mol. The van der Waals surface area contributed by atoms with Gasteiger partial charge in [0.05, 0.1) is 19.1 Å². The van der Waals surface area contributed by atoms with Crippen molar-refractivity contribution in [2.45, 2.75) is 19.3 Å². The van der Waals surface area contributed by atoms with Gasteiger partial charge in [-0.1, -0.05) is 12.1 Å². The molecule has 1 N–H and O–H groups in total. The molecule has 0 aliphatic rings. The molecule has 0 aliphatic carbocycles. The van der Waals surface area contributed by atoms with E-state index in [9.17, 15) is 14.3 Å². The maximum atomic E-state index is 12.9. The molecule has 0 aromatic heterocycles. The number of hydrogen-bond donors (Lipinski definition) is 1. The van der Waals surface area contributed by atoms with Crippen LogP contribution in [0.5, 0.6) is 11.5 Å². The molecule has 0 amide bonds. The first-order valence-electron chi connectivity index (χ1n) is 7.44. The molecule has 0 heterocycles. The summed E-state index contributed by atoms with van der Waals surface area (Å²) in [4.78, 5) is 11.4. The molecular formula is C18H19FO4. The number of rotatable bonds is 8. The molecule has 1 unspecified atom stereocenters. The molecular weight excluding hydrogens is 299 g/mol. The summed E-state index contributed by atoms with van der Waals surface area (Å²) in [7, 11) is 0. The normalized spacial score (nSPS) is 11.7. The van der Waals surface area contributed by atoms with Gasteiger partial charge < -0.3 is 14.6 Å². The van der Waals surface area contributed by atoms with Gasteiger partial charge in [0.1, 0.15) is 17.3 Å². The molecule has 0 radical (unpaired) electrons. The van der Waals surface area contributed by atoms with Crippen LogP contribution in [0.2, 0.25) is 0 Å². The van der Waals surface area contributed by atoms with Crippen molar-refractivity contribution in [1.82, 2.24) is 0 Å². The van der Waals surface area contributed by atoms with Crippen LogP contribution < -0.4 is 9.47 Å². The van der Waals surface area contributed by atoms with Crippen molar-refractivity contribution in [3.63, 3.8) is 0 Å². The number of carboxylic acids is 1. The van der Waals surface area contributed by atoms with E-state index in [1.165, 1.54) is 24.3 Å². The minimum absolute atomic E-state index is 0.252. The molecule has 2 rings (SSSR count). The molecule has 4 nitrogen and oxygen atoms in total. The van der Waals surface area contributed by atoms with Crippen molar-refractivity contribution in [2.24, 2.45) is 0 Å². The lowest BCUT2D eigenvalue weighted by Crippen LogP contribution is -2.15. The number of ether oxygens (including phenoxy) is 2. The highest BCUT2D eigenvalue weighted by Gasteiger charge is 2.19. The third kappa shape index (κ3) is 4.98. The Hall–Kier alpha value is -2.56. The largest absolute Gasteiger partial charge is 0.494 e. The van der Waals surface area contributed by atoms with Crippen molar-refractivity contribution in [3.8, 4) is 11.5 Å². The smallest absolute Gasteiger partial charge is 0.311 e. The Kier molecular flexibility index (Phi) is 5.97. The van der Waals surface area contributed by atoms with Crippen molar-refractivity contribution < 1.29 is 23.8 Å². The van der Waals surface area contributed by atoms with Crippen molar-refractivity contribution >= 4 is 5.97 Å². The van der Waals surface area contributed by atoms with E-state index < -0.39 is 11.9 Å². The maximum Gasteiger partial charge on any atom is 0.311 e. The Morgan fingerprint density at radius 1 is 1.04 bits per heavy atom. The predicted molar refractivity (Wildman–Crippen MR) is 84.5 cm³/mol. The lowest BCUT2D eigenvalue weighted by atomic mass is 9.96. The summed E-state index contributed by atoms with van der Waals surface area (Å²) in [5, 5.41) is 9.32. The Bertz CT molecular complexity index is 622. The molecule has 2 aromatic rings. The zero-order valence-corrected chi connectivity index (χ0v) is 12.9. The second-order valence-corrected chi connectivity index (χ2v) is 4.98. The molecule has 0 saturated carbocycles. The summed E-state index contributed by atoms with van der Waals surface area (Å²) >= 11 is 0. The van der Waals surface area contributed by atoms with Crippen LogP contribution in [-0.2, 0) is 4.79 Å². The summed E-state index contributed by atoms with van der Waals surface area (Å²) in [5.74, 6) is -0.653. The van der Waals surface area contributed by atoms with Crippen LogP contribution in [0.25, 0.3) is 0 Å². The molecule has 0 bridgehead atoms. The van der Waals surface area contributed by atoms with Crippen LogP contribution in [0, 0.1) is 5.82 Å². The van der Waals surface area contributed by atoms with E-state index in [4.69, 9.17) is 9.47 Å². The van der Waals surface area contributed by atoms with Gasteiger partial charge >= 0.3 is 5.97 Å². The summed E-state index contributed by atoms with van der Waals surface area (Å²) in [6, 6.07) is 12.7. The standard InChI is InChI=1S/C18H19FO4/c1-2-22-15-7-9-16(10-8-15)23-12-11-17(18(20)21)13-3-5-14(19)6-4-13/h3-10,17H,2,11-12H2,1H3,(H,20,21). The first-order chi connectivity index (χ1) is 11.1. The highest BCUT2D eigenvalue weighted by molar-refractivity contribution is 5.76. The molecule has 5 heteroatoms. The van der Waals surface area contributed by atoms with E-state index >= 15 is 0 Å². The maximum absolute atomic E-state index is 12.9. The SMILES string of the molecule is CCOc1ccc(OCCC(C(=O)O)c2ccc(F)cc2)cc1. The van der Waals surface area contributed by atoms with E-state index in [2.05, 4.69) is 0 Å². The van der Waals surface area contributed by atoms with Crippen molar-refractivity contribution in [2.75, 3.05) is 13.2 Å². The number of carboxylic acid groups (broad SMARTS) is 1. The van der Waals surface area contributed by atoms with Gasteiger partial charge in [-0.25, -0.2) is 4.39 Å². The first-order valence-corrected chi connectivity index (χ1v) is 7.44. The Morgan fingerprint density at radius 3 is 2.13 bits per heavy atom. The molecule has 1 atom stereocenters. The molecule has 23 heavy (non-hydrogen) atoms. The first kappa shape index (κ1) is 16.8. The number of aliphatic carboxylic acids is 1. The van der Waals surface area contributed by atoms with Crippen LogP contribution in [-0.4, -0.2) is 24.3 Å². The highest BCUT2D eigenvalue weighted by atomic mass is 19.1. The summed E-state index contributed by atoms with van der Waals surface area (Å²) in [6.45, 7) is 2.76. The van der Waals surface area contributed by atoms with Gasteiger partial charge in [-0.3, -0.25) is 4.79 Å². The lowest BCUT2D eigenvalue weighted by molar-refractivity contribution is -0.139. The predicted octanol–water partition coefficient (Wildman–Crippen LogP) is 3.86. The van der Waals surface area contributed by atoms with Gasteiger partial charge in [-0.05, 0) is 55.3 Å². The summed E-state index contributed by atoms with van der Waals surface area (Å²) < 4.78 is 23.8. The quantitative estimate of drug-likeness (QED) is 0.803. The second kappa shape index (κ2) is 8.17. The Balaban J connectivity index is 1.91. The number of carbonyl (C=O) groups is 1. The van der Waals surface area contributed by atoms with Crippen LogP contribution in [0.3, 0.4) is 0 Å². The highest BCUT2D eigenvalue weighted by Crippen LogP contribution is 2.22. The summed E-state index contributed by atoms with van der Waals surface area (Å²) in [5.41, 5.74) is 0.564. The Labute approximate surface area is 134 Å². The van der Waals surface area contributed by atoms with E-state index in [-0.39, 0.29) is 12.4 Å². The van der Waals surface area contributed by atoms with Crippen LogP contribution in [0.4, 0.5) is 4.39 Å². The Morgan fingerprint density at radius 2 is 1.61 bits per heavy atom. The third-order valence-electron chi connectivity index (χ3n) is 3.38. The summed E-state index contributed by atoms with van der Waals surface area (Å²) in [6.07, 6.45) is 0.300. The molecule has 0 aliphatic heterocycles. The van der Waals surface area contributed by atoms with Crippen LogP contribution >= 0.6 is 0 Å².